The lowest BCUT2D eigenvalue weighted by Crippen LogP contribution is -2.37. The van der Waals surface area contributed by atoms with Crippen molar-refractivity contribution in [2.45, 2.75) is 103 Å². The van der Waals surface area contributed by atoms with Crippen molar-refractivity contribution in [1.82, 2.24) is 0 Å². The summed E-state index contributed by atoms with van der Waals surface area (Å²) in [6, 6.07) is 2.87. The van der Waals surface area contributed by atoms with Crippen LogP contribution in [0.25, 0.3) is 0 Å². The van der Waals surface area contributed by atoms with Crippen LogP contribution in [0.15, 0.2) is 29.8 Å². The van der Waals surface area contributed by atoms with Crippen molar-refractivity contribution in [1.29, 1.82) is 0 Å². The van der Waals surface area contributed by atoms with Gasteiger partial charge in [0.05, 0.1) is 10.7 Å². The van der Waals surface area contributed by atoms with Gasteiger partial charge in [-0.3, -0.25) is 0 Å². The van der Waals surface area contributed by atoms with E-state index >= 15 is 8.78 Å². The van der Waals surface area contributed by atoms with Crippen molar-refractivity contribution in [2.24, 2.45) is 23.7 Å². The highest BCUT2D eigenvalue weighted by Gasteiger charge is 2.38. The lowest BCUT2D eigenvalue weighted by atomic mass is 9.67. The van der Waals surface area contributed by atoms with Gasteiger partial charge in [0.1, 0.15) is 12.2 Å². The van der Waals surface area contributed by atoms with Gasteiger partial charge in [-0.15, -0.1) is 0 Å². The molecule has 184 valence electrons. The van der Waals surface area contributed by atoms with E-state index in [1.54, 1.807) is 0 Å². The monoisotopic (exact) mass is 470 g/mol. The number of hydrogen-bond acceptors (Lipinski definition) is 1. The molecule has 1 nitrogen and oxygen atoms in total. The first-order valence-corrected chi connectivity index (χ1v) is 12.5. The average Bonchev–Trinajstić information content (AvgIpc) is 2.87. The van der Waals surface area contributed by atoms with E-state index in [0.717, 1.165) is 37.0 Å². The van der Waals surface area contributed by atoms with Crippen molar-refractivity contribution in [3.8, 4) is 0 Å². The molecule has 0 spiro atoms. The molecule has 0 radical (unpaired) electrons. The van der Waals surface area contributed by atoms with Crippen LogP contribution in [-0.2, 0) is 11.3 Å². The van der Waals surface area contributed by atoms with Gasteiger partial charge in [0, 0.05) is 7.77 Å². The van der Waals surface area contributed by atoms with Crippen LogP contribution in [0.2, 0.25) is 0 Å². The molecule has 4 unspecified atom stereocenters. The second kappa shape index (κ2) is 11.4. The van der Waals surface area contributed by atoms with Crippen LogP contribution in [0.4, 0.5) is 17.6 Å². The van der Waals surface area contributed by atoms with Crippen LogP contribution in [0, 0.1) is 35.3 Å². The molecule has 0 bridgehead atoms. The molecule has 0 N–H and O–H groups in total. The zero-order chi connectivity index (χ0) is 27.0. The Kier molecular flexibility index (Phi) is 6.86. The third-order valence-corrected chi connectivity index (χ3v) is 7.89. The molecule has 1 aromatic carbocycles. The van der Waals surface area contributed by atoms with Gasteiger partial charge in [-0.1, -0.05) is 50.3 Å². The molecule has 0 saturated heterocycles. The van der Waals surface area contributed by atoms with E-state index in [-0.39, 0.29) is 17.1 Å². The minimum absolute atomic E-state index is 0.0767. The zero-order valence-corrected chi connectivity index (χ0v) is 19.4. The van der Waals surface area contributed by atoms with E-state index < -0.39 is 43.0 Å². The van der Waals surface area contributed by atoms with E-state index in [1.165, 1.54) is 44.6 Å². The Balaban J connectivity index is 1.47. The second-order valence-electron chi connectivity index (χ2n) is 10.0. The number of benzene rings is 1. The van der Waals surface area contributed by atoms with E-state index in [2.05, 4.69) is 6.92 Å². The summed E-state index contributed by atoms with van der Waals surface area (Å²) in [7, 11) is 0. The summed E-state index contributed by atoms with van der Waals surface area (Å²) in [6.07, 6.45) is -0.902. The zero-order valence-electron chi connectivity index (χ0n) is 23.4. The summed E-state index contributed by atoms with van der Waals surface area (Å²) in [4.78, 5) is 0. The first kappa shape index (κ1) is 19.9. The van der Waals surface area contributed by atoms with Gasteiger partial charge in [0.15, 0.2) is 17.8 Å². The molecule has 0 amide bonds. The Morgan fingerprint density at radius 2 is 1.64 bits per heavy atom. The highest BCUT2D eigenvalue weighted by atomic mass is 19.2. The van der Waals surface area contributed by atoms with Crippen LogP contribution in [0.3, 0.4) is 0 Å². The molecule has 2 saturated carbocycles. The maximum absolute atomic E-state index is 15.4. The predicted molar refractivity (Wildman–Crippen MR) is 123 cm³/mol. The standard InChI is InChI=1S/C28H38F4O/c1-2-3-18-4-7-20(8-5-18)21-9-11-22(12-10-21)23-15-26(31)28(32)27(16-23)33-17-19-6-13-24(29)25(30)14-19/h6,13-14,16,18,20-22,26-28H,2-5,7-12,15,17H2,1H3/i15D,26D,27D,28D. The van der Waals surface area contributed by atoms with E-state index in [4.69, 9.17) is 10.2 Å². The van der Waals surface area contributed by atoms with Gasteiger partial charge in [-0.05, 0) is 79.9 Å². The molecule has 3 aliphatic rings. The summed E-state index contributed by atoms with van der Waals surface area (Å²) in [6.45, 7) is 1.64. The van der Waals surface area contributed by atoms with Crippen molar-refractivity contribution in [2.75, 3.05) is 0 Å². The van der Waals surface area contributed by atoms with Crippen LogP contribution >= 0.6 is 0 Å². The van der Waals surface area contributed by atoms with E-state index in [1.807, 2.05) is 0 Å². The van der Waals surface area contributed by atoms with Gasteiger partial charge in [-0.2, -0.15) is 0 Å². The smallest absolute Gasteiger partial charge is 0.161 e. The third-order valence-electron chi connectivity index (χ3n) is 7.89. The maximum atomic E-state index is 15.4. The molecular formula is C28H38F4O. The molecule has 4 atom stereocenters. The number of rotatable bonds is 7. The summed E-state index contributed by atoms with van der Waals surface area (Å²) in [5, 5.41) is 0. The highest BCUT2D eigenvalue weighted by molar-refractivity contribution is 5.20. The quantitative estimate of drug-likeness (QED) is 0.288. The highest BCUT2D eigenvalue weighted by Crippen LogP contribution is 2.45. The minimum Gasteiger partial charge on any atom is -0.366 e. The fraction of sp³-hybridized carbons (Fsp3) is 0.714. The number of hydrogen-bond donors (Lipinski definition) is 0. The molecule has 5 heteroatoms. The van der Waals surface area contributed by atoms with Crippen molar-refractivity contribution < 1.29 is 27.8 Å². The van der Waals surface area contributed by atoms with Crippen LogP contribution in [0.1, 0.15) is 88.6 Å². The summed E-state index contributed by atoms with van der Waals surface area (Å²) < 4.78 is 95.7. The van der Waals surface area contributed by atoms with Crippen molar-refractivity contribution >= 4 is 0 Å². The first-order valence-electron chi connectivity index (χ1n) is 14.6. The van der Waals surface area contributed by atoms with Gasteiger partial charge in [-0.25, -0.2) is 17.6 Å². The summed E-state index contributed by atoms with van der Waals surface area (Å²) in [5.74, 6) is -0.478. The molecular weight excluding hydrogens is 428 g/mol. The Morgan fingerprint density at radius 3 is 2.27 bits per heavy atom. The topological polar surface area (TPSA) is 9.23 Å². The van der Waals surface area contributed by atoms with Gasteiger partial charge >= 0.3 is 0 Å². The molecule has 0 heterocycles. The van der Waals surface area contributed by atoms with Crippen molar-refractivity contribution in [3.05, 3.63) is 47.0 Å². The molecule has 2 fully saturated rings. The Bertz CT molecular complexity index is 971. The van der Waals surface area contributed by atoms with Crippen LogP contribution in [-0.4, -0.2) is 18.4 Å². The largest absolute Gasteiger partial charge is 0.366 e. The van der Waals surface area contributed by atoms with E-state index in [9.17, 15) is 8.78 Å². The molecule has 0 aliphatic heterocycles. The summed E-state index contributed by atoms with van der Waals surface area (Å²) >= 11 is 0. The Labute approximate surface area is 201 Å². The predicted octanol–water partition coefficient (Wildman–Crippen LogP) is 8.27. The Hall–Kier alpha value is -1.36. The number of halogens is 4. The lowest BCUT2D eigenvalue weighted by molar-refractivity contribution is -0.0206. The van der Waals surface area contributed by atoms with E-state index in [0.29, 0.717) is 24.7 Å². The number of allylic oxidation sites excluding steroid dienone is 1. The van der Waals surface area contributed by atoms with Crippen LogP contribution in [0.5, 0.6) is 0 Å². The maximum Gasteiger partial charge on any atom is 0.161 e. The first-order chi connectivity index (χ1) is 17.4. The molecule has 1 aromatic rings. The SMILES string of the molecule is [2H]C1C(C2CCC(C3CCC(CCC)CC3)CC2)=CC([2H])(OCc2ccc(F)c(F)c2)C([2H])(F)C1([2H])F. The van der Waals surface area contributed by atoms with Gasteiger partial charge < -0.3 is 4.74 Å². The van der Waals surface area contributed by atoms with Crippen LogP contribution < -0.4 is 0 Å². The third kappa shape index (κ3) is 6.21. The number of ether oxygens (including phenoxy) is 1. The average molecular weight is 471 g/mol. The van der Waals surface area contributed by atoms with Crippen molar-refractivity contribution in [3.63, 3.8) is 0 Å². The fourth-order valence-electron chi connectivity index (χ4n) is 6.00. The van der Waals surface area contributed by atoms with Gasteiger partial charge in [0.2, 0.25) is 0 Å². The molecule has 3 aliphatic carbocycles. The molecule has 4 rings (SSSR count). The fourth-order valence-corrected chi connectivity index (χ4v) is 6.00. The Morgan fingerprint density at radius 1 is 0.970 bits per heavy atom. The summed E-state index contributed by atoms with van der Waals surface area (Å²) in [5.41, 5.74) is 0.205. The second-order valence-corrected chi connectivity index (χ2v) is 10.0. The number of alkyl halides is 2. The minimum atomic E-state index is -3.90. The molecule has 0 aromatic heterocycles. The molecule has 33 heavy (non-hydrogen) atoms. The van der Waals surface area contributed by atoms with Gasteiger partial charge in [0.25, 0.3) is 0 Å². The normalized spacial score (nSPS) is 46.0. The lowest BCUT2D eigenvalue weighted by Gasteiger charge is -2.39.